The van der Waals surface area contributed by atoms with Crippen LogP contribution >= 0.6 is 0 Å². The van der Waals surface area contributed by atoms with Gasteiger partial charge in [-0.05, 0) is 55.8 Å². The Bertz CT molecular complexity index is 534. The SMILES string of the molecule is CC(C)c1ccc(NS(=O)(=O)CCCCNC2CC2)cc1. The van der Waals surface area contributed by atoms with Gasteiger partial charge in [0, 0.05) is 11.7 Å². The first-order valence-corrected chi connectivity index (χ1v) is 9.45. The minimum Gasteiger partial charge on any atom is -0.314 e. The number of unbranched alkanes of at least 4 members (excludes halogenated alkanes) is 1. The maximum Gasteiger partial charge on any atom is 0.232 e. The van der Waals surface area contributed by atoms with Crippen molar-refractivity contribution in [2.75, 3.05) is 17.0 Å². The summed E-state index contributed by atoms with van der Waals surface area (Å²) in [6, 6.07) is 8.31. The first kappa shape index (κ1) is 16.3. The number of sulfonamides is 1. The second kappa shape index (κ2) is 7.27. The van der Waals surface area contributed by atoms with Gasteiger partial charge in [-0.1, -0.05) is 26.0 Å². The fourth-order valence-electron chi connectivity index (χ4n) is 2.18. The van der Waals surface area contributed by atoms with E-state index in [4.69, 9.17) is 0 Å². The van der Waals surface area contributed by atoms with Crippen molar-refractivity contribution in [3.63, 3.8) is 0 Å². The summed E-state index contributed by atoms with van der Waals surface area (Å²) >= 11 is 0. The van der Waals surface area contributed by atoms with Gasteiger partial charge in [-0.3, -0.25) is 4.72 Å². The van der Waals surface area contributed by atoms with Crippen molar-refractivity contribution >= 4 is 15.7 Å². The zero-order valence-corrected chi connectivity index (χ0v) is 13.7. The van der Waals surface area contributed by atoms with Gasteiger partial charge in [-0.2, -0.15) is 0 Å². The summed E-state index contributed by atoms with van der Waals surface area (Å²) in [4.78, 5) is 0. The number of anilines is 1. The van der Waals surface area contributed by atoms with Crippen molar-refractivity contribution < 1.29 is 8.42 Å². The molecule has 0 spiro atoms. The van der Waals surface area contributed by atoms with Gasteiger partial charge in [0.1, 0.15) is 0 Å². The van der Waals surface area contributed by atoms with Gasteiger partial charge in [0.25, 0.3) is 0 Å². The minimum absolute atomic E-state index is 0.186. The van der Waals surface area contributed by atoms with E-state index in [0.29, 0.717) is 24.1 Å². The Morgan fingerprint density at radius 1 is 1.14 bits per heavy atom. The van der Waals surface area contributed by atoms with Crippen LogP contribution in [0.3, 0.4) is 0 Å². The van der Waals surface area contributed by atoms with Crippen molar-refractivity contribution in [1.82, 2.24) is 5.32 Å². The fraction of sp³-hybridized carbons (Fsp3) is 0.625. The zero-order valence-electron chi connectivity index (χ0n) is 12.9. The summed E-state index contributed by atoms with van der Waals surface area (Å²) in [5.41, 5.74) is 1.86. The standard InChI is InChI=1S/C16H26N2O2S/c1-13(2)14-5-7-16(8-6-14)18-21(19,20)12-4-3-11-17-15-9-10-15/h5-8,13,15,17-18H,3-4,9-12H2,1-2H3. The molecule has 2 N–H and O–H groups in total. The van der Waals surface area contributed by atoms with E-state index in [0.717, 1.165) is 13.0 Å². The fourth-order valence-corrected chi connectivity index (χ4v) is 3.36. The highest BCUT2D eigenvalue weighted by Gasteiger charge is 2.19. The predicted molar refractivity (Wildman–Crippen MR) is 88.2 cm³/mol. The first-order chi connectivity index (χ1) is 9.96. The van der Waals surface area contributed by atoms with Crippen molar-refractivity contribution in [2.45, 2.75) is 51.5 Å². The van der Waals surface area contributed by atoms with E-state index in [1.807, 2.05) is 24.3 Å². The molecule has 0 aromatic heterocycles. The number of hydrogen-bond acceptors (Lipinski definition) is 3. The Hall–Kier alpha value is -1.07. The molecule has 0 amide bonds. The van der Waals surface area contributed by atoms with Crippen LogP contribution in [0.4, 0.5) is 5.69 Å². The molecule has 1 aromatic carbocycles. The lowest BCUT2D eigenvalue weighted by atomic mass is 10.0. The van der Waals surface area contributed by atoms with Gasteiger partial charge in [0.15, 0.2) is 0 Å². The van der Waals surface area contributed by atoms with Gasteiger partial charge in [-0.15, -0.1) is 0 Å². The van der Waals surface area contributed by atoms with Crippen LogP contribution in [0.1, 0.15) is 51.0 Å². The molecule has 0 aliphatic heterocycles. The van der Waals surface area contributed by atoms with Gasteiger partial charge < -0.3 is 5.32 Å². The van der Waals surface area contributed by atoms with Gasteiger partial charge in [0.05, 0.1) is 5.75 Å². The number of hydrogen-bond donors (Lipinski definition) is 2. The maximum atomic E-state index is 12.0. The average Bonchev–Trinajstić information content (AvgIpc) is 3.22. The second-order valence-corrected chi connectivity index (χ2v) is 7.98. The molecule has 4 nitrogen and oxygen atoms in total. The Labute approximate surface area is 128 Å². The summed E-state index contributed by atoms with van der Waals surface area (Å²) < 4.78 is 26.6. The summed E-state index contributed by atoms with van der Waals surface area (Å²) in [7, 11) is -3.23. The van der Waals surface area contributed by atoms with Gasteiger partial charge >= 0.3 is 0 Å². The molecule has 5 heteroatoms. The summed E-state index contributed by atoms with van der Waals surface area (Å²) in [5.74, 6) is 0.639. The molecule has 21 heavy (non-hydrogen) atoms. The van der Waals surface area contributed by atoms with E-state index in [9.17, 15) is 8.42 Å². The smallest absolute Gasteiger partial charge is 0.232 e. The summed E-state index contributed by atoms with van der Waals surface area (Å²) in [5, 5.41) is 3.39. The first-order valence-electron chi connectivity index (χ1n) is 7.80. The van der Waals surface area contributed by atoms with Crippen LogP contribution in [0.25, 0.3) is 0 Å². The number of benzene rings is 1. The van der Waals surface area contributed by atoms with E-state index < -0.39 is 10.0 Å². The minimum atomic E-state index is -3.23. The molecule has 0 atom stereocenters. The molecule has 2 rings (SSSR count). The highest BCUT2D eigenvalue weighted by molar-refractivity contribution is 7.92. The van der Waals surface area contributed by atoms with Crippen LogP contribution in [-0.4, -0.2) is 26.8 Å². The normalized spacial score (nSPS) is 15.4. The third-order valence-corrected chi connectivity index (χ3v) is 5.07. The molecule has 0 heterocycles. The van der Waals surface area contributed by atoms with Crippen LogP contribution in [0.15, 0.2) is 24.3 Å². The largest absolute Gasteiger partial charge is 0.314 e. The van der Waals surface area contributed by atoms with E-state index in [-0.39, 0.29) is 5.75 Å². The summed E-state index contributed by atoms with van der Waals surface area (Å²) in [6.07, 6.45) is 4.14. The molecule has 0 radical (unpaired) electrons. The lowest BCUT2D eigenvalue weighted by molar-refractivity contribution is 0.591. The Morgan fingerprint density at radius 3 is 2.38 bits per heavy atom. The molecule has 0 bridgehead atoms. The van der Waals surface area contributed by atoms with Crippen molar-refractivity contribution in [2.24, 2.45) is 0 Å². The van der Waals surface area contributed by atoms with Crippen LogP contribution in [0.2, 0.25) is 0 Å². The van der Waals surface area contributed by atoms with Crippen molar-refractivity contribution in [3.8, 4) is 0 Å². The Balaban J connectivity index is 1.73. The summed E-state index contributed by atoms with van der Waals surface area (Å²) in [6.45, 7) is 5.16. The number of rotatable bonds is 9. The molecule has 1 aliphatic rings. The quantitative estimate of drug-likeness (QED) is 0.689. The van der Waals surface area contributed by atoms with E-state index >= 15 is 0 Å². The molecular formula is C16H26N2O2S. The monoisotopic (exact) mass is 310 g/mol. The number of nitrogens with one attached hydrogen (secondary N) is 2. The van der Waals surface area contributed by atoms with Gasteiger partial charge in [-0.25, -0.2) is 8.42 Å². The molecule has 1 aliphatic carbocycles. The van der Waals surface area contributed by atoms with E-state index in [1.165, 1.54) is 18.4 Å². The maximum absolute atomic E-state index is 12.0. The third kappa shape index (κ3) is 6.06. The molecule has 0 unspecified atom stereocenters. The Kier molecular flexibility index (Phi) is 5.65. The average molecular weight is 310 g/mol. The molecule has 1 saturated carbocycles. The molecular weight excluding hydrogens is 284 g/mol. The lowest BCUT2D eigenvalue weighted by Crippen LogP contribution is -2.20. The van der Waals surface area contributed by atoms with Crippen molar-refractivity contribution in [1.29, 1.82) is 0 Å². The van der Waals surface area contributed by atoms with Crippen LogP contribution in [0, 0.1) is 0 Å². The highest BCUT2D eigenvalue weighted by atomic mass is 32.2. The Morgan fingerprint density at radius 2 is 1.81 bits per heavy atom. The van der Waals surface area contributed by atoms with E-state index in [2.05, 4.69) is 23.9 Å². The molecule has 1 fully saturated rings. The molecule has 118 valence electrons. The molecule has 1 aromatic rings. The topological polar surface area (TPSA) is 58.2 Å². The lowest BCUT2D eigenvalue weighted by Gasteiger charge is -2.10. The highest BCUT2D eigenvalue weighted by Crippen LogP contribution is 2.19. The third-order valence-electron chi connectivity index (χ3n) is 3.70. The van der Waals surface area contributed by atoms with Gasteiger partial charge in [0.2, 0.25) is 10.0 Å². The van der Waals surface area contributed by atoms with E-state index in [1.54, 1.807) is 0 Å². The van der Waals surface area contributed by atoms with Crippen molar-refractivity contribution in [3.05, 3.63) is 29.8 Å². The second-order valence-electron chi connectivity index (χ2n) is 6.13. The van der Waals surface area contributed by atoms with Crippen LogP contribution in [0.5, 0.6) is 0 Å². The van der Waals surface area contributed by atoms with Crippen LogP contribution < -0.4 is 10.0 Å². The predicted octanol–water partition coefficient (Wildman–Crippen LogP) is 3.08. The zero-order chi connectivity index (χ0) is 15.3. The molecule has 0 saturated heterocycles. The van der Waals surface area contributed by atoms with Crippen LogP contribution in [-0.2, 0) is 10.0 Å².